The fraction of sp³-hybridized carbons (Fsp3) is 0.412. The SMILES string of the molecule is COOOSc1c(C)cc(C)cc1C.Cc1cc(C)[n+](N)c(C)n1. The molecular weight excluding hydrogens is 326 g/mol. The molecule has 0 saturated heterocycles. The van der Waals surface area contributed by atoms with Gasteiger partial charge in [-0.3, -0.25) is 5.84 Å². The minimum absolute atomic E-state index is 0.845. The Bertz CT molecular complexity index is 647. The monoisotopic (exact) mass is 352 g/mol. The lowest BCUT2D eigenvalue weighted by atomic mass is 10.1. The molecule has 0 fully saturated rings. The lowest BCUT2D eigenvalue weighted by Gasteiger charge is -2.08. The third-order valence-electron chi connectivity index (χ3n) is 3.30. The van der Waals surface area contributed by atoms with Crippen molar-refractivity contribution in [1.82, 2.24) is 4.98 Å². The first-order chi connectivity index (χ1) is 11.3. The highest BCUT2D eigenvalue weighted by Gasteiger charge is 2.07. The molecule has 0 bridgehead atoms. The molecule has 1 heterocycles. The van der Waals surface area contributed by atoms with Crippen molar-refractivity contribution < 1.29 is 18.9 Å². The third-order valence-corrected chi connectivity index (χ3v) is 4.24. The standard InChI is InChI=1S/C10H14O3S.C7H12N3/c1-7-5-8(2)10(9(3)6-7)14-13-12-11-4;1-5-4-6(2)10(8)7(3)9-5/h5-6H,1-4H3;4H,8H2,1-3H3/q;+1. The Kier molecular flexibility index (Phi) is 8.14. The fourth-order valence-corrected chi connectivity index (χ4v) is 2.87. The first kappa shape index (κ1) is 20.4. The van der Waals surface area contributed by atoms with Crippen LogP contribution in [-0.4, -0.2) is 12.1 Å². The molecule has 0 saturated carbocycles. The molecular formula is C17H26N3O3S+. The Morgan fingerprint density at radius 2 is 1.58 bits per heavy atom. The molecule has 6 nitrogen and oxygen atoms in total. The largest absolute Gasteiger partial charge is 0.318 e. The summed E-state index contributed by atoms with van der Waals surface area (Å²) in [6.07, 6.45) is 0. The normalized spacial score (nSPS) is 10.3. The number of aromatic nitrogens is 2. The number of benzene rings is 1. The third kappa shape index (κ3) is 6.09. The first-order valence-corrected chi connectivity index (χ1v) is 8.24. The van der Waals surface area contributed by atoms with Gasteiger partial charge in [0, 0.05) is 31.7 Å². The van der Waals surface area contributed by atoms with Crippen molar-refractivity contribution in [3.63, 3.8) is 0 Å². The molecule has 2 N–H and O–H groups in total. The number of hydrogen-bond donors (Lipinski definition) is 1. The van der Waals surface area contributed by atoms with Crippen molar-refractivity contribution in [3.8, 4) is 0 Å². The molecule has 0 amide bonds. The second kappa shape index (κ2) is 9.58. The number of nitrogen functional groups attached to an aromatic ring is 1. The summed E-state index contributed by atoms with van der Waals surface area (Å²) in [7, 11) is 1.40. The Morgan fingerprint density at radius 3 is 2.08 bits per heavy atom. The molecule has 0 aliphatic carbocycles. The van der Waals surface area contributed by atoms with Gasteiger partial charge in [0.05, 0.1) is 19.2 Å². The average Bonchev–Trinajstić information content (AvgIpc) is 2.48. The lowest BCUT2D eigenvalue weighted by Crippen LogP contribution is -2.50. The minimum Gasteiger partial charge on any atom is -0.269 e. The molecule has 1 aromatic carbocycles. The zero-order valence-electron chi connectivity index (χ0n) is 15.3. The van der Waals surface area contributed by atoms with E-state index in [0.29, 0.717) is 0 Å². The van der Waals surface area contributed by atoms with Crippen LogP contribution in [0.25, 0.3) is 0 Å². The molecule has 2 aromatic rings. The van der Waals surface area contributed by atoms with Gasteiger partial charge in [0.2, 0.25) is 0 Å². The van der Waals surface area contributed by atoms with Gasteiger partial charge in [-0.1, -0.05) is 22.7 Å². The van der Waals surface area contributed by atoms with Crippen LogP contribution in [0.15, 0.2) is 23.1 Å². The number of rotatable bonds is 4. The topological polar surface area (TPSA) is 70.5 Å². The summed E-state index contributed by atoms with van der Waals surface area (Å²) in [5.74, 6) is 6.45. The molecule has 0 spiro atoms. The summed E-state index contributed by atoms with van der Waals surface area (Å²) in [6, 6.07) is 6.16. The van der Waals surface area contributed by atoms with E-state index in [-0.39, 0.29) is 0 Å². The zero-order valence-corrected chi connectivity index (χ0v) is 16.2. The summed E-state index contributed by atoms with van der Waals surface area (Å²) in [6.45, 7) is 12.0. The van der Waals surface area contributed by atoms with E-state index in [1.165, 1.54) is 23.8 Å². The van der Waals surface area contributed by atoms with Crippen molar-refractivity contribution in [3.05, 3.63) is 52.1 Å². The van der Waals surface area contributed by atoms with Crippen LogP contribution in [0.1, 0.15) is 33.9 Å². The number of nitrogens with zero attached hydrogens (tertiary/aromatic N) is 2. The summed E-state index contributed by atoms with van der Waals surface area (Å²) in [4.78, 5) is 9.56. The molecule has 0 unspecified atom stereocenters. The van der Waals surface area contributed by atoms with Gasteiger partial charge in [-0.25, -0.2) is 4.89 Å². The van der Waals surface area contributed by atoms with Gasteiger partial charge in [-0.2, -0.15) is 0 Å². The van der Waals surface area contributed by atoms with Crippen molar-refractivity contribution in [2.45, 2.75) is 46.4 Å². The van der Waals surface area contributed by atoms with Gasteiger partial charge < -0.3 is 0 Å². The maximum atomic E-state index is 5.60. The Balaban J connectivity index is 0.000000254. The van der Waals surface area contributed by atoms with Crippen LogP contribution in [0.5, 0.6) is 0 Å². The van der Waals surface area contributed by atoms with E-state index < -0.39 is 0 Å². The predicted molar refractivity (Wildman–Crippen MR) is 94.5 cm³/mol. The van der Waals surface area contributed by atoms with Gasteiger partial charge in [0.1, 0.15) is 5.69 Å². The molecule has 132 valence electrons. The van der Waals surface area contributed by atoms with Crippen LogP contribution in [-0.2, 0) is 14.3 Å². The van der Waals surface area contributed by atoms with E-state index in [1.807, 2.05) is 40.7 Å². The molecule has 0 radical (unpaired) electrons. The van der Waals surface area contributed by atoms with Crippen molar-refractivity contribution >= 4 is 12.0 Å². The van der Waals surface area contributed by atoms with Gasteiger partial charge >= 0.3 is 5.82 Å². The van der Waals surface area contributed by atoms with Crippen LogP contribution in [0.4, 0.5) is 0 Å². The van der Waals surface area contributed by atoms with E-state index in [2.05, 4.69) is 34.0 Å². The van der Waals surface area contributed by atoms with Gasteiger partial charge in [0.25, 0.3) is 0 Å². The molecule has 1 aromatic heterocycles. The van der Waals surface area contributed by atoms with Crippen LogP contribution in [0.3, 0.4) is 0 Å². The molecule has 2 rings (SSSR count). The van der Waals surface area contributed by atoms with Gasteiger partial charge in [-0.15, -0.1) is 9.01 Å². The maximum Gasteiger partial charge on any atom is 0.318 e. The molecule has 0 atom stereocenters. The fourth-order valence-electron chi connectivity index (χ4n) is 2.34. The highest BCUT2D eigenvalue weighted by Crippen LogP contribution is 2.28. The summed E-state index contributed by atoms with van der Waals surface area (Å²) >= 11 is 1.16. The smallest absolute Gasteiger partial charge is 0.269 e. The maximum absolute atomic E-state index is 5.60. The molecule has 0 aliphatic rings. The highest BCUT2D eigenvalue weighted by atomic mass is 32.2. The number of aryl methyl sites for hydroxylation is 6. The summed E-state index contributed by atoms with van der Waals surface area (Å²) in [5.41, 5.74) is 5.64. The summed E-state index contributed by atoms with van der Waals surface area (Å²) in [5, 5.41) is 4.34. The van der Waals surface area contributed by atoms with Crippen LogP contribution in [0, 0.1) is 41.5 Å². The zero-order chi connectivity index (χ0) is 18.3. The van der Waals surface area contributed by atoms with Gasteiger partial charge in [-0.05, 0) is 36.9 Å². The second-order valence-corrected chi connectivity index (χ2v) is 6.28. The van der Waals surface area contributed by atoms with Gasteiger partial charge in [0.15, 0.2) is 5.69 Å². The number of nitrogens with two attached hydrogens (primary N) is 1. The predicted octanol–water partition coefficient (Wildman–Crippen LogP) is 3.14. The molecule has 7 heteroatoms. The van der Waals surface area contributed by atoms with E-state index in [0.717, 1.165) is 34.2 Å². The van der Waals surface area contributed by atoms with Crippen molar-refractivity contribution in [2.75, 3.05) is 13.0 Å². The first-order valence-electron chi connectivity index (χ1n) is 7.50. The quantitative estimate of drug-likeness (QED) is 0.228. The Hall–Kier alpha value is -1.67. The molecule has 24 heavy (non-hydrogen) atoms. The van der Waals surface area contributed by atoms with Crippen molar-refractivity contribution in [1.29, 1.82) is 0 Å². The van der Waals surface area contributed by atoms with E-state index in [4.69, 9.17) is 10.2 Å². The lowest BCUT2D eigenvalue weighted by molar-refractivity contribution is -0.655. The average molecular weight is 352 g/mol. The second-order valence-electron chi connectivity index (χ2n) is 5.57. The minimum atomic E-state index is 0.845. The van der Waals surface area contributed by atoms with E-state index >= 15 is 0 Å². The Labute approximate surface area is 148 Å². The van der Waals surface area contributed by atoms with E-state index in [1.54, 1.807) is 4.68 Å². The number of hydrogen-bond acceptors (Lipinski definition) is 6. The van der Waals surface area contributed by atoms with Crippen LogP contribution < -0.4 is 10.5 Å². The summed E-state index contributed by atoms with van der Waals surface area (Å²) < 4.78 is 6.34. The van der Waals surface area contributed by atoms with Crippen LogP contribution >= 0.6 is 12.0 Å². The molecule has 0 aliphatic heterocycles. The van der Waals surface area contributed by atoms with Crippen LogP contribution in [0.2, 0.25) is 0 Å². The van der Waals surface area contributed by atoms with E-state index in [9.17, 15) is 0 Å². The Morgan fingerprint density at radius 1 is 1.00 bits per heavy atom. The van der Waals surface area contributed by atoms with Crippen molar-refractivity contribution in [2.24, 2.45) is 0 Å². The highest BCUT2D eigenvalue weighted by molar-refractivity contribution is 7.94.